The molecule has 0 fully saturated rings. The van der Waals surface area contributed by atoms with E-state index in [2.05, 4.69) is 48.2 Å². The summed E-state index contributed by atoms with van der Waals surface area (Å²) in [5.74, 6) is 1.04. The number of rotatable bonds is 11. The van der Waals surface area contributed by atoms with Gasteiger partial charge in [-0.25, -0.2) is 31.8 Å². The molecule has 4 rings (SSSR count). The minimum absolute atomic E-state index is 0.0103. The van der Waals surface area contributed by atoms with Crippen molar-refractivity contribution >= 4 is 54.2 Å². The zero-order valence-electron chi connectivity index (χ0n) is 22.6. The van der Waals surface area contributed by atoms with Crippen LogP contribution < -0.4 is 11.1 Å². The molecule has 3 N–H and O–H groups in total. The molecule has 4 aromatic rings. The summed E-state index contributed by atoms with van der Waals surface area (Å²) in [6.45, 7) is 5.92. The topological polar surface area (TPSA) is 180 Å². The summed E-state index contributed by atoms with van der Waals surface area (Å²) in [7, 11) is -6.69. The van der Waals surface area contributed by atoms with E-state index in [1.165, 1.54) is 25.6 Å². The molecular weight excluding hydrogens is 554 g/mol. The van der Waals surface area contributed by atoms with E-state index in [1.54, 1.807) is 23.1 Å². The number of fused-ring (bicyclic) bond motifs is 1. The van der Waals surface area contributed by atoms with Crippen molar-refractivity contribution in [1.29, 1.82) is 0 Å². The number of anilines is 2. The Labute approximate surface area is 232 Å². The Balaban J connectivity index is 1.63. The lowest BCUT2D eigenvalue weighted by molar-refractivity contribution is 0.586. The Kier molecular flexibility index (Phi) is 8.34. The van der Waals surface area contributed by atoms with Crippen LogP contribution >= 0.6 is 0 Å². The molecule has 0 aromatic carbocycles. The van der Waals surface area contributed by atoms with Crippen molar-refractivity contribution in [3.63, 3.8) is 0 Å². The lowest BCUT2D eigenvalue weighted by Crippen LogP contribution is -2.11. The number of sulfone groups is 1. The molecule has 0 unspecified atom stereocenters. The third-order valence-corrected chi connectivity index (χ3v) is 8.06. The highest BCUT2D eigenvalue weighted by molar-refractivity contribution is 7.90. The largest absolute Gasteiger partial charge is 0.404 e. The zero-order chi connectivity index (χ0) is 29.1. The minimum Gasteiger partial charge on any atom is -0.404 e. The van der Waals surface area contributed by atoms with Crippen molar-refractivity contribution < 1.29 is 16.8 Å². The lowest BCUT2D eigenvalue weighted by atomic mass is 10.1. The van der Waals surface area contributed by atoms with Crippen molar-refractivity contribution in [2.75, 3.05) is 23.1 Å². The number of allylic oxidation sites excluding steroid dienone is 1. The molecule has 0 saturated heterocycles. The van der Waals surface area contributed by atoms with E-state index < -0.39 is 19.9 Å². The first-order chi connectivity index (χ1) is 18.9. The predicted octanol–water partition coefficient (Wildman–Crippen LogP) is 2.78. The van der Waals surface area contributed by atoms with E-state index in [1.807, 2.05) is 18.5 Å². The van der Waals surface area contributed by atoms with Crippen LogP contribution in [0.5, 0.6) is 0 Å². The number of nitrogens with zero attached hydrogens (tertiary/aromatic N) is 7. The average molecular weight is 586 g/mol. The van der Waals surface area contributed by atoms with E-state index in [-0.39, 0.29) is 35.5 Å². The molecule has 0 radical (unpaired) electrons. The first-order valence-electron chi connectivity index (χ1n) is 12.4. The quantitative estimate of drug-likeness (QED) is 0.248. The Bertz CT molecular complexity index is 1800. The van der Waals surface area contributed by atoms with E-state index in [4.69, 9.17) is 5.73 Å². The van der Waals surface area contributed by atoms with Gasteiger partial charge in [-0.15, -0.1) is 0 Å². The first kappa shape index (κ1) is 28.9. The van der Waals surface area contributed by atoms with Crippen molar-refractivity contribution in [3.8, 4) is 11.1 Å². The summed E-state index contributed by atoms with van der Waals surface area (Å²) in [5.41, 5.74) is 8.64. The van der Waals surface area contributed by atoms with E-state index >= 15 is 0 Å². The fourth-order valence-electron chi connectivity index (χ4n) is 3.84. The van der Waals surface area contributed by atoms with E-state index in [0.29, 0.717) is 11.6 Å². The van der Waals surface area contributed by atoms with Crippen molar-refractivity contribution in [2.24, 2.45) is 10.1 Å². The van der Waals surface area contributed by atoms with Crippen LogP contribution in [0.2, 0.25) is 0 Å². The molecule has 0 aliphatic rings. The third kappa shape index (κ3) is 6.90. The van der Waals surface area contributed by atoms with Crippen LogP contribution in [0.4, 0.5) is 11.6 Å². The Morgan fingerprint density at radius 1 is 1.15 bits per heavy atom. The number of hydrogen-bond donors (Lipinski definition) is 2. The summed E-state index contributed by atoms with van der Waals surface area (Å²) in [5, 5.41) is 8.41. The van der Waals surface area contributed by atoms with Gasteiger partial charge >= 0.3 is 0 Å². The first-order valence-corrected chi connectivity index (χ1v) is 16.1. The Hall–Kier alpha value is -4.11. The summed E-state index contributed by atoms with van der Waals surface area (Å²) in [6.07, 6.45) is 12.4. The van der Waals surface area contributed by atoms with Crippen molar-refractivity contribution in [3.05, 3.63) is 55.1 Å². The summed E-state index contributed by atoms with van der Waals surface area (Å²) < 4.78 is 53.9. The van der Waals surface area contributed by atoms with Crippen LogP contribution in [0.15, 0.2) is 53.7 Å². The zero-order valence-corrected chi connectivity index (χ0v) is 24.2. The van der Waals surface area contributed by atoms with Gasteiger partial charge in [0, 0.05) is 65.9 Å². The van der Waals surface area contributed by atoms with Gasteiger partial charge in [-0.3, -0.25) is 4.68 Å². The number of aryl methyl sites for hydroxylation is 1. The van der Waals surface area contributed by atoms with Gasteiger partial charge in [0.1, 0.15) is 21.5 Å². The number of nitrogens with two attached hydrogens (primary N) is 1. The van der Waals surface area contributed by atoms with Gasteiger partial charge in [0.25, 0.3) is 10.0 Å². The highest BCUT2D eigenvalue weighted by atomic mass is 32.2. The monoisotopic (exact) mass is 585 g/mol. The number of pyridine rings is 1. The molecular formula is C25H31N9O4S2. The maximum Gasteiger partial charge on any atom is 0.252 e. The van der Waals surface area contributed by atoms with E-state index in [0.717, 1.165) is 28.2 Å². The molecule has 15 heteroatoms. The average Bonchev–Trinajstić information content (AvgIpc) is 3.52. The molecule has 0 atom stereocenters. The molecule has 212 valence electrons. The predicted molar refractivity (Wildman–Crippen MR) is 156 cm³/mol. The number of hydrogen-bond acceptors (Lipinski definition) is 10. The fraction of sp³-hybridized carbons (Fsp3) is 0.320. The van der Waals surface area contributed by atoms with Gasteiger partial charge < -0.3 is 15.6 Å². The Morgan fingerprint density at radius 2 is 1.93 bits per heavy atom. The highest BCUT2D eigenvalue weighted by Gasteiger charge is 2.16. The normalized spacial score (nSPS) is 13.1. The van der Waals surface area contributed by atoms with Crippen molar-refractivity contribution in [2.45, 2.75) is 33.4 Å². The second-order valence-corrected chi connectivity index (χ2v) is 13.6. The molecule has 0 spiro atoms. The van der Waals surface area contributed by atoms with Gasteiger partial charge in [-0.1, -0.05) is 0 Å². The Morgan fingerprint density at radius 3 is 2.60 bits per heavy atom. The minimum atomic E-state index is -3.59. The summed E-state index contributed by atoms with van der Waals surface area (Å²) in [4.78, 5) is 13.2. The number of sulfonamides is 1. The van der Waals surface area contributed by atoms with Gasteiger partial charge in [-0.2, -0.15) is 9.50 Å². The molecule has 13 nitrogen and oxygen atoms in total. The highest BCUT2D eigenvalue weighted by Crippen LogP contribution is 2.33. The molecule has 0 saturated carbocycles. The van der Waals surface area contributed by atoms with Crippen LogP contribution in [0.1, 0.15) is 32.6 Å². The van der Waals surface area contributed by atoms with Crippen LogP contribution in [0, 0.1) is 0 Å². The molecule has 0 amide bonds. The van der Waals surface area contributed by atoms with Crippen LogP contribution in [-0.2, 0) is 26.4 Å². The molecule has 0 aliphatic carbocycles. The van der Waals surface area contributed by atoms with Crippen LogP contribution in [0.3, 0.4) is 0 Å². The maximum absolute atomic E-state index is 11.7. The molecule has 0 bridgehead atoms. The van der Waals surface area contributed by atoms with Gasteiger partial charge in [0.15, 0.2) is 5.82 Å². The molecule has 4 aromatic heterocycles. The molecule has 4 heterocycles. The van der Waals surface area contributed by atoms with Gasteiger partial charge in [-0.05, 0) is 26.8 Å². The summed E-state index contributed by atoms with van der Waals surface area (Å²) in [6, 6.07) is 3.71. The van der Waals surface area contributed by atoms with E-state index in [9.17, 15) is 16.8 Å². The SMILES string of the molecule is CCS(=O)(=O)N=CC(=CN)c1nccc(Nc2cc3c(cn2)c(-c2cnn(CCS(C)(=O)=O)c2)cn3C(C)C)n1. The van der Waals surface area contributed by atoms with Gasteiger partial charge in [0.05, 0.1) is 41.6 Å². The van der Waals surface area contributed by atoms with Crippen molar-refractivity contribution in [1.82, 2.24) is 29.3 Å². The van der Waals surface area contributed by atoms with Gasteiger partial charge in [0.2, 0.25) is 0 Å². The fourth-order valence-corrected chi connectivity index (χ4v) is 4.78. The number of aromatic nitrogens is 6. The van der Waals surface area contributed by atoms with Crippen LogP contribution in [0.25, 0.3) is 27.6 Å². The van der Waals surface area contributed by atoms with Crippen LogP contribution in [-0.4, -0.2) is 70.1 Å². The third-order valence-electron chi connectivity index (χ3n) is 5.98. The second kappa shape index (κ2) is 11.6. The smallest absolute Gasteiger partial charge is 0.252 e. The summed E-state index contributed by atoms with van der Waals surface area (Å²) >= 11 is 0. The molecule has 40 heavy (non-hydrogen) atoms. The second-order valence-electron chi connectivity index (χ2n) is 9.37. The standard InChI is InChI=1S/C25H31N9O4S2/c1-5-40(37,38)30-13-18(11-26)25-27-7-6-23(32-25)31-24-10-22-20(14-28-24)21(16-34(22)17(2)3)19-12-29-33(15-19)8-9-39(4,35)36/h6-7,10-17H,5,8-9,26H2,1-4H3,(H,27,28,31,32). The lowest BCUT2D eigenvalue weighted by Gasteiger charge is -2.11. The number of nitrogens with one attached hydrogen (secondary N) is 1. The molecule has 0 aliphatic heterocycles. The maximum atomic E-state index is 11.7.